The summed E-state index contributed by atoms with van der Waals surface area (Å²) in [7, 11) is 0. The van der Waals surface area contributed by atoms with Gasteiger partial charge in [0, 0.05) is 12.1 Å². The molecule has 0 saturated heterocycles. The third-order valence-corrected chi connectivity index (χ3v) is 3.61. The minimum atomic E-state index is -0.633. The van der Waals surface area contributed by atoms with Crippen LogP contribution in [0, 0.1) is 13.8 Å². The molecular weight excluding hydrogens is 296 g/mol. The normalized spacial score (nSPS) is 12.1. The maximum atomic E-state index is 12.7. The number of nitrogens with zero attached hydrogens (tertiary/aromatic N) is 5. The second-order valence-corrected chi connectivity index (χ2v) is 5.12. The van der Waals surface area contributed by atoms with E-state index in [9.17, 15) is 4.79 Å². The van der Waals surface area contributed by atoms with Gasteiger partial charge in [-0.3, -0.25) is 4.79 Å². The van der Waals surface area contributed by atoms with Crippen molar-refractivity contribution in [1.29, 1.82) is 0 Å². The summed E-state index contributed by atoms with van der Waals surface area (Å²) in [4.78, 5) is 12.7. The minimum Gasteiger partial charge on any atom is -0.361 e. The Morgan fingerprint density at radius 3 is 2.70 bits per heavy atom. The van der Waals surface area contributed by atoms with E-state index >= 15 is 0 Å². The van der Waals surface area contributed by atoms with Crippen LogP contribution < -0.4 is 5.32 Å². The Labute approximate surface area is 132 Å². The number of amides is 1. The van der Waals surface area contributed by atoms with Crippen molar-refractivity contribution in [2.45, 2.75) is 26.4 Å². The number of benzene rings is 1. The molecule has 1 amide bonds. The Morgan fingerprint density at radius 1 is 1.30 bits per heavy atom. The largest absolute Gasteiger partial charge is 0.361 e. The Hall–Kier alpha value is -3.03. The van der Waals surface area contributed by atoms with Crippen LogP contribution in [0.25, 0.3) is 0 Å². The summed E-state index contributed by atoms with van der Waals surface area (Å²) < 4.78 is 6.53. The Balaban J connectivity index is 1.82. The number of rotatable bonds is 5. The van der Waals surface area contributed by atoms with Gasteiger partial charge in [-0.2, -0.15) is 0 Å². The topological polar surface area (TPSA) is 98.7 Å². The first-order valence-corrected chi connectivity index (χ1v) is 7.13. The molecule has 0 aliphatic carbocycles. The molecule has 3 rings (SSSR count). The molecule has 118 valence electrons. The second-order valence-electron chi connectivity index (χ2n) is 5.12. The van der Waals surface area contributed by atoms with E-state index < -0.39 is 6.04 Å². The van der Waals surface area contributed by atoms with Crippen LogP contribution in [-0.4, -0.2) is 31.3 Å². The highest BCUT2D eigenvalue weighted by atomic mass is 16.5. The van der Waals surface area contributed by atoms with Crippen molar-refractivity contribution in [3.63, 3.8) is 0 Å². The second kappa shape index (κ2) is 6.39. The molecule has 0 spiro atoms. The van der Waals surface area contributed by atoms with E-state index in [-0.39, 0.29) is 5.91 Å². The Kier molecular flexibility index (Phi) is 4.13. The van der Waals surface area contributed by atoms with Gasteiger partial charge in [0.15, 0.2) is 6.04 Å². The smallest absolute Gasteiger partial charge is 0.249 e. The van der Waals surface area contributed by atoms with Gasteiger partial charge in [0.1, 0.15) is 12.1 Å². The van der Waals surface area contributed by atoms with Crippen LogP contribution in [0.4, 0.5) is 0 Å². The number of carbonyl (C=O) groups excluding carboxylic acids is 1. The van der Waals surface area contributed by atoms with Gasteiger partial charge in [-0.1, -0.05) is 35.5 Å². The summed E-state index contributed by atoms with van der Waals surface area (Å²) in [5, 5.41) is 17.9. The zero-order chi connectivity index (χ0) is 16.2. The molecule has 1 aromatic carbocycles. The molecular formula is C15H16N6O2. The average molecular weight is 312 g/mol. The zero-order valence-corrected chi connectivity index (χ0v) is 12.8. The van der Waals surface area contributed by atoms with Crippen LogP contribution >= 0.6 is 0 Å². The number of hydrogen-bond donors (Lipinski definition) is 1. The van der Waals surface area contributed by atoms with Crippen LogP contribution in [-0.2, 0) is 11.3 Å². The lowest BCUT2D eigenvalue weighted by Gasteiger charge is -2.16. The first-order chi connectivity index (χ1) is 11.2. The predicted octanol–water partition coefficient (Wildman–Crippen LogP) is 1.18. The van der Waals surface area contributed by atoms with Crippen molar-refractivity contribution in [2.24, 2.45) is 0 Å². The summed E-state index contributed by atoms with van der Waals surface area (Å²) in [6.45, 7) is 4.00. The fraction of sp³-hybridized carbons (Fsp3) is 0.267. The van der Waals surface area contributed by atoms with E-state index in [1.807, 2.05) is 44.2 Å². The van der Waals surface area contributed by atoms with Gasteiger partial charge in [0.05, 0.1) is 5.69 Å². The van der Waals surface area contributed by atoms with Crippen LogP contribution in [0.2, 0.25) is 0 Å². The number of carbonyl (C=O) groups is 1. The van der Waals surface area contributed by atoms with Gasteiger partial charge in [-0.25, -0.2) is 4.68 Å². The number of nitrogens with one attached hydrogen (secondary N) is 1. The molecule has 0 fully saturated rings. The molecule has 0 saturated carbocycles. The lowest BCUT2D eigenvalue weighted by molar-refractivity contribution is -0.123. The third-order valence-electron chi connectivity index (χ3n) is 3.61. The van der Waals surface area contributed by atoms with Crippen molar-refractivity contribution in [3.8, 4) is 0 Å². The molecule has 0 radical (unpaired) electrons. The van der Waals surface area contributed by atoms with Gasteiger partial charge in [-0.05, 0) is 29.8 Å². The van der Waals surface area contributed by atoms with Crippen molar-refractivity contribution in [2.75, 3.05) is 0 Å². The fourth-order valence-electron chi connectivity index (χ4n) is 2.37. The number of aromatic nitrogens is 5. The van der Waals surface area contributed by atoms with E-state index in [0.29, 0.717) is 12.3 Å². The van der Waals surface area contributed by atoms with E-state index in [2.05, 4.69) is 26.0 Å². The predicted molar refractivity (Wildman–Crippen MR) is 80.2 cm³/mol. The lowest BCUT2D eigenvalue weighted by atomic mass is 10.1. The Bertz CT molecular complexity index is 762. The third kappa shape index (κ3) is 3.10. The summed E-state index contributed by atoms with van der Waals surface area (Å²) in [6.07, 6.45) is 1.42. The van der Waals surface area contributed by atoms with Gasteiger partial charge < -0.3 is 9.84 Å². The monoisotopic (exact) mass is 312 g/mol. The molecule has 2 aromatic heterocycles. The van der Waals surface area contributed by atoms with Gasteiger partial charge in [0.25, 0.3) is 0 Å². The van der Waals surface area contributed by atoms with Gasteiger partial charge >= 0.3 is 0 Å². The fourth-order valence-corrected chi connectivity index (χ4v) is 2.37. The van der Waals surface area contributed by atoms with Gasteiger partial charge in [-0.15, -0.1) is 5.10 Å². The summed E-state index contributed by atoms with van der Waals surface area (Å²) in [6, 6.07) is 8.72. The molecule has 0 bridgehead atoms. The molecule has 0 aliphatic heterocycles. The highest BCUT2D eigenvalue weighted by Crippen LogP contribution is 2.18. The average Bonchev–Trinajstić information content (AvgIpc) is 3.18. The molecule has 2 heterocycles. The van der Waals surface area contributed by atoms with E-state index in [0.717, 1.165) is 16.8 Å². The van der Waals surface area contributed by atoms with Crippen molar-refractivity contribution >= 4 is 5.91 Å². The quantitative estimate of drug-likeness (QED) is 0.759. The highest BCUT2D eigenvalue weighted by molar-refractivity contribution is 5.83. The first-order valence-electron chi connectivity index (χ1n) is 7.13. The highest BCUT2D eigenvalue weighted by Gasteiger charge is 2.24. The number of tetrazole rings is 1. The van der Waals surface area contributed by atoms with Crippen molar-refractivity contribution in [1.82, 2.24) is 30.7 Å². The van der Waals surface area contributed by atoms with Crippen LogP contribution in [0.5, 0.6) is 0 Å². The summed E-state index contributed by atoms with van der Waals surface area (Å²) in [5.74, 6) is 0.491. The molecule has 1 atom stereocenters. The van der Waals surface area contributed by atoms with Crippen molar-refractivity contribution in [3.05, 3.63) is 59.2 Å². The van der Waals surface area contributed by atoms with Crippen LogP contribution in [0.15, 0.2) is 41.2 Å². The molecule has 8 heteroatoms. The maximum Gasteiger partial charge on any atom is 0.249 e. The van der Waals surface area contributed by atoms with Crippen LogP contribution in [0.3, 0.4) is 0 Å². The lowest BCUT2D eigenvalue weighted by Crippen LogP contribution is -2.33. The molecule has 0 aliphatic rings. The van der Waals surface area contributed by atoms with E-state index in [1.165, 1.54) is 11.0 Å². The first kappa shape index (κ1) is 14.9. The standard InChI is InChI=1S/C15H16N6O2/c1-10-13(11(2)23-18-10)8-16-15(22)14(21-9-17-19-20-21)12-6-4-3-5-7-12/h3-7,9,14H,8H2,1-2H3,(H,16,22)/t14-/m0/s1. The summed E-state index contributed by atoms with van der Waals surface area (Å²) in [5.41, 5.74) is 2.44. The van der Waals surface area contributed by atoms with E-state index in [1.54, 1.807) is 0 Å². The molecule has 1 N–H and O–H groups in total. The summed E-state index contributed by atoms with van der Waals surface area (Å²) >= 11 is 0. The SMILES string of the molecule is Cc1noc(C)c1CNC(=O)[C@H](c1ccccc1)n1cnnn1. The zero-order valence-electron chi connectivity index (χ0n) is 12.8. The van der Waals surface area contributed by atoms with Crippen LogP contribution in [0.1, 0.15) is 28.6 Å². The van der Waals surface area contributed by atoms with Crippen molar-refractivity contribution < 1.29 is 9.32 Å². The Morgan fingerprint density at radius 2 is 2.09 bits per heavy atom. The molecule has 3 aromatic rings. The number of hydrogen-bond acceptors (Lipinski definition) is 6. The molecule has 23 heavy (non-hydrogen) atoms. The number of aryl methyl sites for hydroxylation is 2. The van der Waals surface area contributed by atoms with Gasteiger partial charge in [0.2, 0.25) is 5.91 Å². The molecule has 8 nitrogen and oxygen atoms in total. The maximum absolute atomic E-state index is 12.7. The van der Waals surface area contributed by atoms with E-state index in [4.69, 9.17) is 4.52 Å². The molecule has 0 unspecified atom stereocenters. The minimum absolute atomic E-state index is 0.205.